The number of nitrogens with zero attached hydrogens (tertiary/aromatic N) is 4. The van der Waals surface area contributed by atoms with Gasteiger partial charge in [-0.1, -0.05) is 24.3 Å². The molecule has 1 fully saturated rings. The number of pyridine rings is 2. The second-order valence-electron chi connectivity index (χ2n) is 8.66. The summed E-state index contributed by atoms with van der Waals surface area (Å²) in [6.45, 7) is 7.89. The highest BCUT2D eigenvalue weighted by atomic mass is 16.2. The number of likely N-dealkylation sites (tertiary alicyclic amines) is 1. The van der Waals surface area contributed by atoms with E-state index in [1.54, 1.807) is 12.3 Å². The number of aryl methyl sites for hydroxylation is 2. The lowest BCUT2D eigenvalue weighted by atomic mass is 9.98. The van der Waals surface area contributed by atoms with E-state index in [1.807, 2.05) is 29.4 Å². The average molecular weight is 417 g/mol. The second kappa shape index (κ2) is 7.93. The molecule has 5 rings (SSSR count). The summed E-state index contributed by atoms with van der Waals surface area (Å²) in [5.74, 6) is -0.158. The zero-order valence-corrected chi connectivity index (χ0v) is 18.2. The summed E-state index contributed by atoms with van der Waals surface area (Å²) in [4.78, 5) is 35.3. The van der Waals surface area contributed by atoms with Gasteiger partial charge in [0.2, 0.25) is 5.43 Å². The first-order chi connectivity index (χ1) is 15.0. The molecule has 4 heterocycles. The molecule has 1 unspecified atom stereocenters. The van der Waals surface area contributed by atoms with Gasteiger partial charge in [0.15, 0.2) is 0 Å². The molecule has 0 N–H and O–H groups in total. The lowest BCUT2D eigenvalue weighted by Gasteiger charge is -2.33. The molecule has 2 aliphatic rings. The third kappa shape index (κ3) is 3.55. The molecular formula is C25H28N4O2. The lowest BCUT2D eigenvalue weighted by molar-refractivity contribution is 0.0771. The van der Waals surface area contributed by atoms with Crippen molar-refractivity contribution in [3.05, 3.63) is 75.2 Å². The molecule has 2 aliphatic heterocycles. The van der Waals surface area contributed by atoms with E-state index in [-0.39, 0.29) is 16.9 Å². The molecule has 6 heteroatoms. The van der Waals surface area contributed by atoms with E-state index in [9.17, 15) is 9.59 Å². The number of hydrogen-bond acceptors (Lipinski definition) is 4. The van der Waals surface area contributed by atoms with Crippen molar-refractivity contribution in [1.29, 1.82) is 0 Å². The van der Waals surface area contributed by atoms with Gasteiger partial charge in [-0.2, -0.15) is 0 Å². The number of carbonyl (C=O) groups is 1. The van der Waals surface area contributed by atoms with Gasteiger partial charge in [0.1, 0.15) is 11.2 Å². The first-order valence-electron chi connectivity index (χ1n) is 11.2. The quantitative estimate of drug-likeness (QED) is 0.659. The van der Waals surface area contributed by atoms with Crippen LogP contribution < -0.4 is 5.43 Å². The molecule has 1 aromatic carbocycles. The maximum absolute atomic E-state index is 13.3. The molecule has 1 amide bonds. The van der Waals surface area contributed by atoms with E-state index >= 15 is 0 Å². The van der Waals surface area contributed by atoms with Gasteiger partial charge in [-0.3, -0.25) is 14.5 Å². The zero-order chi connectivity index (χ0) is 21.5. The fourth-order valence-corrected chi connectivity index (χ4v) is 4.98. The molecule has 2 aromatic heterocycles. The molecule has 160 valence electrons. The maximum Gasteiger partial charge on any atom is 0.259 e. The third-order valence-corrected chi connectivity index (χ3v) is 6.76. The van der Waals surface area contributed by atoms with Gasteiger partial charge >= 0.3 is 0 Å². The summed E-state index contributed by atoms with van der Waals surface area (Å²) >= 11 is 0. The van der Waals surface area contributed by atoms with E-state index in [1.165, 1.54) is 11.1 Å². The van der Waals surface area contributed by atoms with Crippen molar-refractivity contribution in [3.63, 3.8) is 0 Å². The number of hydrogen-bond donors (Lipinski definition) is 0. The minimum absolute atomic E-state index is 0.158. The van der Waals surface area contributed by atoms with Gasteiger partial charge < -0.3 is 9.47 Å². The van der Waals surface area contributed by atoms with Crippen molar-refractivity contribution in [2.45, 2.75) is 45.8 Å². The van der Waals surface area contributed by atoms with Gasteiger partial charge in [-0.15, -0.1) is 0 Å². The van der Waals surface area contributed by atoms with E-state index in [4.69, 9.17) is 0 Å². The van der Waals surface area contributed by atoms with Crippen molar-refractivity contribution in [3.8, 4) is 0 Å². The Morgan fingerprint density at radius 3 is 2.74 bits per heavy atom. The summed E-state index contributed by atoms with van der Waals surface area (Å²) in [6, 6.07) is 12.6. The predicted octanol–water partition coefficient (Wildman–Crippen LogP) is 3.00. The van der Waals surface area contributed by atoms with Crippen LogP contribution in [0.5, 0.6) is 0 Å². The van der Waals surface area contributed by atoms with Crippen molar-refractivity contribution < 1.29 is 4.79 Å². The van der Waals surface area contributed by atoms with E-state index in [0.717, 1.165) is 31.6 Å². The van der Waals surface area contributed by atoms with Crippen LogP contribution in [0.25, 0.3) is 11.0 Å². The number of rotatable bonds is 3. The van der Waals surface area contributed by atoms with Crippen LogP contribution in [-0.2, 0) is 19.5 Å². The summed E-state index contributed by atoms with van der Waals surface area (Å²) < 4.78 is 1.91. The molecule has 0 bridgehead atoms. The van der Waals surface area contributed by atoms with Crippen molar-refractivity contribution in [2.75, 3.05) is 19.6 Å². The number of amides is 1. The maximum atomic E-state index is 13.3. The Bertz CT molecular complexity index is 1220. The number of aromatic nitrogens is 2. The molecular weight excluding hydrogens is 388 g/mol. The standard InChI is InChI=1S/C25H28N4O2/c1-3-27-16-22(23(30)21-9-8-17(2)26-24(21)27)25(31)29-13-11-20(15-29)28-12-10-18-6-4-5-7-19(18)14-28/h4-9,16,20H,3,10-15H2,1-2H3. The molecule has 0 saturated carbocycles. The Balaban J connectivity index is 1.38. The molecule has 0 aliphatic carbocycles. The van der Waals surface area contributed by atoms with Crippen LogP contribution in [0.4, 0.5) is 0 Å². The lowest BCUT2D eigenvalue weighted by Crippen LogP contribution is -2.42. The summed E-state index contributed by atoms with van der Waals surface area (Å²) in [5, 5.41) is 0.515. The van der Waals surface area contributed by atoms with Crippen molar-refractivity contribution in [1.82, 2.24) is 19.4 Å². The number of benzene rings is 1. The van der Waals surface area contributed by atoms with Gasteiger partial charge in [-0.25, -0.2) is 4.98 Å². The average Bonchev–Trinajstić information content (AvgIpc) is 3.29. The van der Waals surface area contributed by atoms with Crippen LogP contribution >= 0.6 is 0 Å². The van der Waals surface area contributed by atoms with Crippen LogP contribution in [-0.4, -0.2) is 50.9 Å². The minimum Gasteiger partial charge on any atom is -0.337 e. The van der Waals surface area contributed by atoms with Crippen LogP contribution in [0.1, 0.15) is 40.5 Å². The van der Waals surface area contributed by atoms with Crippen molar-refractivity contribution in [2.24, 2.45) is 0 Å². The van der Waals surface area contributed by atoms with Gasteiger partial charge in [0.05, 0.1) is 5.39 Å². The SMILES string of the molecule is CCn1cc(C(=O)N2CCC(N3CCc4ccccc4C3)C2)c(=O)c2ccc(C)nc21. The summed E-state index contributed by atoms with van der Waals surface area (Å²) in [7, 11) is 0. The molecule has 0 spiro atoms. The van der Waals surface area contributed by atoms with E-state index in [0.29, 0.717) is 36.7 Å². The largest absolute Gasteiger partial charge is 0.337 e. The minimum atomic E-state index is -0.215. The first-order valence-corrected chi connectivity index (χ1v) is 11.2. The normalized spacial score (nSPS) is 19.0. The Hall–Kier alpha value is -2.99. The fraction of sp³-hybridized carbons (Fsp3) is 0.400. The Morgan fingerprint density at radius 1 is 1.13 bits per heavy atom. The van der Waals surface area contributed by atoms with Crippen LogP contribution in [0.3, 0.4) is 0 Å². The van der Waals surface area contributed by atoms with Crippen LogP contribution in [0.2, 0.25) is 0 Å². The van der Waals surface area contributed by atoms with Crippen molar-refractivity contribution >= 4 is 16.9 Å². The predicted molar refractivity (Wildman–Crippen MR) is 121 cm³/mol. The molecule has 1 atom stereocenters. The molecule has 6 nitrogen and oxygen atoms in total. The van der Waals surface area contributed by atoms with Crippen LogP contribution in [0.15, 0.2) is 47.4 Å². The molecule has 0 radical (unpaired) electrons. The van der Waals surface area contributed by atoms with E-state index in [2.05, 4.69) is 34.1 Å². The van der Waals surface area contributed by atoms with Gasteiger partial charge in [0.25, 0.3) is 5.91 Å². The fourth-order valence-electron chi connectivity index (χ4n) is 4.98. The third-order valence-electron chi connectivity index (χ3n) is 6.76. The summed E-state index contributed by atoms with van der Waals surface area (Å²) in [5.41, 5.74) is 4.37. The highest BCUT2D eigenvalue weighted by Crippen LogP contribution is 2.25. The molecule has 31 heavy (non-hydrogen) atoms. The van der Waals surface area contributed by atoms with E-state index < -0.39 is 0 Å². The summed E-state index contributed by atoms with van der Waals surface area (Å²) in [6.07, 6.45) is 3.70. The smallest absolute Gasteiger partial charge is 0.259 e. The Morgan fingerprint density at radius 2 is 1.94 bits per heavy atom. The topological polar surface area (TPSA) is 58.4 Å². The highest BCUT2D eigenvalue weighted by molar-refractivity contribution is 5.97. The monoisotopic (exact) mass is 416 g/mol. The Labute approximate surface area is 182 Å². The van der Waals surface area contributed by atoms with Gasteiger partial charge in [-0.05, 0) is 49.9 Å². The highest BCUT2D eigenvalue weighted by Gasteiger charge is 2.33. The first kappa shape index (κ1) is 19.9. The number of carbonyl (C=O) groups excluding carboxylic acids is 1. The zero-order valence-electron chi connectivity index (χ0n) is 18.2. The Kier molecular flexibility index (Phi) is 5.10. The number of fused-ring (bicyclic) bond motifs is 2. The molecule has 1 saturated heterocycles. The van der Waals surface area contributed by atoms with Crippen LogP contribution in [0, 0.1) is 6.92 Å². The molecule has 3 aromatic rings. The van der Waals surface area contributed by atoms with Gasteiger partial charge in [0, 0.05) is 50.7 Å². The second-order valence-corrected chi connectivity index (χ2v) is 8.66.